The first-order chi connectivity index (χ1) is 7.99. The van der Waals surface area contributed by atoms with E-state index in [1.54, 1.807) is 12.3 Å². The number of carbonyl (C=O) groups excluding carboxylic acids is 1. The Morgan fingerprint density at radius 1 is 1.47 bits per heavy atom. The van der Waals surface area contributed by atoms with E-state index >= 15 is 0 Å². The smallest absolute Gasteiger partial charge is 0.221 e. The number of rotatable bonds is 1. The van der Waals surface area contributed by atoms with Crippen molar-refractivity contribution in [2.24, 2.45) is 0 Å². The lowest BCUT2D eigenvalue weighted by atomic mass is 10.1. The van der Waals surface area contributed by atoms with Crippen LogP contribution in [0.5, 0.6) is 0 Å². The van der Waals surface area contributed by atoms with Crippen molar-refractivity contribution in [2.75, 3.05) is 11.1 Å². The van der Waals surface area contributed by atoms with Crippen molar-refractivity contribution < 1.29 is 4.79 Å². The number of fused-ring (bicyclic) bond motifs is 1. The van der Waals surface area contributed by atoms with Gasteiger partial charge in [-0.3, -0.25) is 9.78 Å². The van der Waals surface area contributed by atoms with Crippen LogP contribution in [0, 0.1) is 6.92 Å². The summed E-state index contributed by atoms with van der Waals surface area (Å²) in [6.45, 7) is 3.36. The number of nitrogens with two attached hydrogens (primary N) is 1. The van der Waals surface area contributed by atoms with Crippen molar-refractivity contribution in [2.45, 2.75) is 13.8 Å². The van der Waals surface area contributed by atoms with Gasteiger partial charge in [0.05, 0.1) is 21.9 Å². The summed E-state index contributed by atoms with van der Waals surface area (Å²) in [4.78, 5) is 15.4. The molecule has 88 valence electrons. The minimum Gasteiger partial charge on any atom is -0.397 e. The molecular formula is C12H12ClN3O. The summed E-state index contributed by atoms with van der Waals surface area (Å²) in [5, 5.41) is 3.86. The van der Waals surface area contributed by atoms with Crippen LogP contribution in [-0.2, 0) is 4.79 Å². The van der Waals surface area contributed by atoms with E-state index in [1.165, 1.54) is 6.92 Å². The van der Waals surface area contributed by atoms with Gasteiger partial charge in [-0.1, -0.05) is 11.6 Å². The molecule has 3 N–H and O–H groups in total. The fourth-order valence-electron chi connectivity index (χ4n) is 1.68. The lowest BCUT2D eigenvalue weighted by molar-refractivity contribution is -0.114. The number of hydrogen-bond acceptors (Lipinski definition) is 3. The van der Waals surface area contributed by atoms with Gasteiger partial charge in [0.25, 0.3) is 0 Å². The first-order valence-corrected chi connectivity index (χ1v) is 5.48. The Labute approximate surface area is 104 Å². The van der Waals surface area contributed by atoms with Crippen molar-refractivity contribution in [3.63, 3.8) is 0 Å². The topological polar surface area (TPSA) is 68.0 Å². The Morgan fingerprint density at radius 2 is 2.18 bits per heavy atom. The molecule has 17 heavy (non-hydrogen) atoms. The van der Waals surface area contributed by atoms with Gasteiger partial charge in [0.2, 0.25) is 5.91 Å². The summed E-state index contributed by atoms with van der Waals surface area (Å²) in [6.07, 6.45) is 1.72. The molecule has 0 spiro atoms. The monoisotopic (exact) mass is 249 g/mol. The van der Waals surface area contributed by atoms with E-state index in [4.69, 9.17) is 17.3 Å². The maximum atomic E-state index is 11.1. The van der Waals surface area contributed by atoms with Crippen LogP contribution in [0.25, 0.3) is 10.9 Å². The lowest BCUT2D eigenvalue weighted by Gasteiger charge is -2.10. The largest absolute Gasteiger partial charge is 0.397 e. The minimum atomic E-state index is -0.172. The molecule has 0 aliphatic heterocycles. The number of anilines is 2. The number of nitrogens with zero attached hydrogens (tertiary/aromatic N) is 1. The van der Waals surface area contributed by atoms with Crippen molar-refractivity contribution in [3.8, 4) is 0 Å². The van der Waals surface area contributed by atoms with Crippen LogP contribution in [0.3, 0.4) is 0 Å². The Balaban J connectivity index is 2.77. The number of halogens is 1. The van der Waals surface area contributed by atoms with E-state index in [2.05, 4.69) is 10.3 Å². The van der Waals surface area contributed by atoms with E-state index in [0.717, 1.165) is 10.9 Å². The molecule has 0 unspecified atom stereocenters. The molecule has 1 amide bonds. The van der Waals surface area contributed by atoms with Crippen LogP contribution in [-0.4, -0.2) is 10.9 Å². The highest BCUT2D eigenvalue weighted by Gasteiger charge is 2.10. The SMILES string of the molecule is CC(=O)Nc1cc(Cl)c(N)c2cc(C)cnc12. The standard InChI is InChI=1S/C12H12ClN3O/c1-6-3-8-11(14)9(13)4-10(16-7(2)17)12(8)15-5-6/h3-5H,14H2,1-2H3,(H,16,17). The summed E-state index contributed by atoms with van der Waals surface area (Å²) in [7, 11) is 0. The average Bonchev–Trinajstić information content (AvgIpc) is 2.24. The quantitative estimate of drug-likeness (QED) is 0.764. The first kappa shape index (κ1) is 11.7. The highest BCUT2D eigenvalue weighted by molar-refractivity contribution is 6.35. The van der Waals surface area contributed by atoms with Crippen molar-refractivity contribution in [1.82, 2.24) is 4.98 Å². The number of aromatic nitrogens is 1. The van der Waals surface area contributed by atoms with Crippen molar-refractivity contribution >= 4 is 39.8 Å². The second kappa shape index (κ2) is 4.22. The van der Waals surface area contributed by atoms with Crippen LogP contribution in [0.2, 0.25) is 5.02 Å². The number of nitrogen functional groups attached to an aromatic ring is 1. The van der Waals surface area contributed by atoms with Gasteiger partial charge in [-0.15, -0.1) is 0 Å². The van der Waals surface area contributed by atoms with Crippen LogP contribution in [0.15, 0.2) is 18.3 Å². The van der Waals surface area contributed by atoms with Gasteiger partial charge in [-0.25, -0.2) is 0 Å². The lowest BCUT2D eigenvalue weighted by Crippen LogP contribution is -2.07. The molecule has 0 saturated carbocycles. The average molecular weight is 250 g/mol. The third kappa shape index (κ3) is 2.17. The Hall–Kier alpha value is -1.81. The molecule has 5 heteroatoms. The zero-order valence-corrected chi connectivity index (χ0v) is 10.3. The summed E-state index contributed by atoms with van der Waals surface area (Å²) >= 11 is 6.02. The van der Waals surface area contributed by atoms with E-state index in [-0.39, 0.29) is 5.91 Å². The first-order valence-electron chi connectivity index (χ1n) is 5.11. The molecule has 0 radical (unpaired) electrons. The van der Waals surface area contributed by atoms with Gasteiger partial charge in [0.1, 0.15) is 0 Å². The number of carbonyl (C=O) groups is 1. The third-order valence-electron chi connectivity index (χ3n) is 2.41. The van der Waals surface area contributed by atoms with Crippen molar-refractivity contribution in [3.05, 3.63) is 28.9 Å². The predicted octanol–water partition coefficient (Wildman–Crippen LogP) is 2.74. The second-order valence-electron chi connectivity index (χ2n) is 3.91. The summed E-state index contributed by atoms with van der Waals surface area (Å²) in [5.74, 6) is -0.172. The Morgan fingerprint density at radius 3 is 2.82 bits per heavy atom. The van der Waals surface area contributed by atoms with E-state index < -0.39 is 0 Å². The summed E-state index contributed by atoms with van der Waals surface area (Å²) in [6, 6.07) is 3.51. The molecular weight excluding hydrogens is 238 g/mol. The van der Waals surface area contributed by atoms with Gasteiger partial charge in [0, 0.05) is 18.5 Å². The number of benzene rings is 1. The number of pyridine rings is 1. The van der Waals surface area contributed by atoms with E-state index in [1.807, 2.05) is 13.0 Å². The molecule has 1 aromatic heterocycles. The maximum Gasteiger partial charge on any atom is 0.221 e. The van der Waals surface area contributed by atoms with E-state index in [0.29, 0.717) is 21.9 Å². The van der Waals surface area contributed by atoms with Crippen molar-refractivity contribution in [1.29, 1.82) is 0 Å². The highest BCUT2D eigenvalue weighted by atomic mass is 35.5. The molecule has 0 fully saturated rings. The zero-order valence-electron chi connectivity index (χ0n) is 9.54. The molecule has 1 heterocycles. The van der Waals surface area contributed by atoms with Gasteiger partial charge in [-0.05, 0) is 24.6 Å². The molecule has 1 aromatic carbocycles. The number of hydrogen-bond donors (Lipinski definition) is 2. The minimum absolute atomic E-state index is 0.172. The summed E-state index contributed by atoms with van der Waals surface area (Å²) in [5.41, 5.74) is 8.59. The molecule has 2 aromatic rings. The second-order valence-corrected chi connectivity index (χ2v) is 4.32. The molecule has 0 atom stereocenters. The van der Waals surface area contributed by atoms with Gasteiger partial charge < -0.3 is 11.1 Å². The van der Waals surface area contributed by atoms with Crippen LogP contribution < -0.4 is 11.1 Å². The predicted molar refractivity (Wildman–Crippen MR) is 70.2 cm³/mol. The van der Waals surface area contributed by atoms with Crippen LogP contribution >= 0.6 is 11.6 Å². The fourth-order valence-corrected chi connectivity index (χ4v) is 1.89. The molecule has 0 saturated heterocycles. The fraction of sp³-hybridized carbons (Fsp3) is 0.167. The molecule has 0 aliphatic carbocycles. The number of nitrogens with one attached hydrogen (secondary N) is 1. The Kier molecular flexibility index (Phi) is 2.90. The summed E-state index contributed by atoms with van der Waals surface area (Å²) < 4.78 is 0. The van der Waals surface area contributed by atoms with Gasteiger partial charge >= 0.3 is 0 Å². The van der Waals surface area contributed by atoms with Gasteiger partial charge in [0.15, 0.2) is 0 Å². The number of amides is 1. The highest BCUT2D eigenvalue weighted by Crippen LogP contribution is 2.33. The maximum absolute atomic E-state index is 11.1. The normalized spacial score (nSPS) is 10.5. The van der Waals surface area contributed by atoms with E-state index in [9.17, 15) is 4.79 Å². The van der Waals surface area contributed by atoms with Crippen LogP contribution in [0.1, 0.15) is 12.5 Å². The third-order valence-corrected chi connectivity index (χ3v) is 2.72. The molecule has 2 rings (SSSR count). The zero-order chi connectivity index (χ0) is 12.6. The molecule has 4 nitrogen and oxygen atoms in total. The molecule has 0 aliphatic rings. The van der Waals surface area contributed by atoms with Crippen LogP contribution in [0.4, 0.5) is 11.4 Å². The molecule has 0 bridgehead atoms. The van der Waals surface area contributed by atoms with Gasteiger partial charge in [-0.2, -0.15) is 0 Å². The number of aryl methyl sites for hydroxylation is 1. The Bertz CT molecular complexity index is 610.